The van der Waals surface area contributed by atoms with Crippen molar-refractivity contribution in [3.05, 3.63) is 63.6 Å². The van der Waals surface area contributed by atoms with Crippen LogP contribution < -0.4 is 9.62 Å². The van der Waals surface area contributed by atoms with Crippen LogP contribution >= 0.6 is 23.2 Å². The number of hydrogen-bond donors (Lipinski definition) is 1. The van der Waals surface area contributed by atoms with Crippen LogP contribution in [0.1, 0.15) is 43.7 Å². The number of nitrogens with zero attached hydrogens (tertiary/aromatic N) is 2. The number of anilines is 1. The van der Waals surface area contributed by atoms with Crippen molar-refractivity contribution in [1.82, 2.24) is 10.2 Å². The molecule has 33 heavy (non-hydrogen) atoms. The molecule has 1 fully saturated rings. The molecule has 1 heterocycles. The first-order valence-electron chi connectivity index (χ1n) is 11.2. The molecule has 180 valence electrons. The molecule has 1 aliphatic rings. The van der Waals surface area contributed by atoms with Gasteiger partial charge in [-0.05, 0) is 61.7 Å². The van der Waals surface area contributed by atoms with E-state index >= 15 is 0 Å². The van der Waals surface area contributed by atoms with Crippen LogP contribution in [0.4, 0.5) is 5.69 Å². The number of piperidine rings is 1. The van der Waals surface area contributed by atoms with Crippen LogP contribution in [0.5, 0.6) is 0 Å². The topological polar surface area (TPSA) is 69.7 Å². The molecule has 2 aromatic carbocycles. The van der Waals surface area contributed by atoms with E-state index in [2.05, 4.69) is 22.3 Å². The second-order valence-corrected chi connectivity index (χ2v) is 11.2. The van der Waals surface area contributed by atoms with Crippen molar-refractivity contribution >= 4 is 44.8 Å². The van der Waals surface area contributed by atoms with E-state index in [0.717, 1.165) is 35.8 Å². The van der Waals surface area contributed by atoms with Crippen LogP contribution in [0, 0.1) is 0 Å². The summed E-state index contributed by atoms with van der Waals surface area (Å²) in [6.45, 7) is 5.29. The summed E-state index contributed by atoms with van der Waals surface area (Å²) in [5, 5.41) is 3.42. The molecule has 0 bridgehead atoms. The van der Waals surface area contributed by atoms with E-state index in [1.807, 2.05) is 12.1 Å². The van der Waals surface area contributed by atoms with Gasteiger partial charge in [0.15, 0.2) is 0 Å². The number of amides is 1. The molecule has 6 nitrogen and oxygen atoms in total. The first kappa shape index (κ1) is 25.8. The Kier molecular flexibility index (Phi) is 9.04. The highest BCUT2D eigenvalue weighted by Gasteiger charge is 2.32. The third-order valence-electron chi connectivity index (χ3n) is 5.82. The maximum absolute atomic E-state index is 13.0. The Morgan fingerprint density at radius 3 is 2.30 bits per heavy atom. The van der Waals surface area contributed by atoms with E-state index in [1.54, 1.807) is 13.0 Å². The molecule has 1 atom stereocenters. The molecule has 9 heteroatoms. The average molecular weight is 513 g/mol. The SMILES string of the molecule is CCC(C(=O)NCc1ccc(CN2CCCCC2)cc1)N(c1cc(Cl)ccc1Cl)S(C)(=O)=O. The summed E-state index contributed by atoms with van der Waals surface area (Å²) in [5.41, 5.74) is 2.39. The second-order valence-electron chi connectivity index (χ2n) is 8.45. The van der Waals surface area contributed by atoms with Crippen molar-refractivity contribution in [2.45, 2.75) is 51.7 Å². The van der Waals surface area contributed by atoms with Gasteiger partial charge in [-0.1, -0.05) is 60.8 Å². The molecule has 0 radical (unpaired) electrons. The Morgan fingerprint density at radius 2 is 1.70 bits per heavy atom. The zero-order chi connectivity index (χ0) is 24.0. The predicted molar refractivity (Wildman–Crippen MR) is 135 cm³/mol. The van der Waals surface area contributed by atoms with Gasteiger partial charge < -0.3 is 5.32 Å². The first-order chi connectivity index (χ1) is 15.7. The predicted octanol–water partition coefficient (Wildman–Crippen LogP) is 4.84. The summed E-state index contributed by atoms with van der Waals surface area (Å²) < 4.78 is 26.3. The fourth-order valence-corrected chi connectivity index (χ4v) is 5.78. The Morgan fingerprint density at radius 1 is 1.06 bits per heavy atom. The van der Waals surface area contributed by atoms with Gasteiger partial charge in [-0.3, -0.25) is 14.0 Å². The molecule has 1 amide bonds. The zero-order valence-electron chi connectivity index (χ0n) is 19.1. The van der Waals surface area contributed by atoms with Gasteiger partial charge in [-0.15, -0.1) is 0 Å². The minimum Gasteiger partial charge on any atom is -0.350 e. The van der Waals surface area contributed by atoms with Crippen LogP contribution in [-0.4, -0.2) is 44.6 Å². The van der Waals surface area contributed by atoms with Crippen LogP contribution in [0.25, 0.3) is 0 Å². The van der Waals surface area contributed by atoms with Gasteiger partial charge in [0, 0.05) is 18.1 Å². The molecule has 3 rings (SSSR count). The lowest BCUT2D eigenvalue weighted by Crippen LogP contribution is -2.49. The summed E-state index contributed by atoms with van der Waals surface area (Å²) in [7, 11) is -3.79. The highest BCUT2D eigenvalue weighted by atomic mass is 35.5. The molecule has 0 aliphatic carbocycles. The monoisotopic (exact) mass is 511 g/mol. The number of likely N-dealkylation sites (tertiary alicyclic amines) is 1. The highest BCUT2D eigenvalue weighted by Crippen LogP contribution is 2.33. The van der Waals surface area contributed by atoms with E-state index in [4.69, 9.17) is 23.2 Å². The number of benzene rings is 2. The zero-order valence-corrected chi connectivity index (χ0v) is 21.4. The van der Waals surface area contributed by atoms with Gasteiger partial charge in [0.2, 0.25) is 15.9 Å². The molecule has 1 aliphatic heterocycles. The van der Waals surface area contributed by atoms with Crippen LogP contribution in [0.2, 0.25) is 10.0 Å². The lowest BCUT2D eigenvalue weighted by molar-refractivity contribution is -0.122. The molecule has 1 saturated heterocycles. The largest absolute Gasteiger partial charge is 0.350 e. The van der Waals surface area contributed by atoms with E-state index in [-0.39, 0.29) is 17.1 Å². The standard InChI is InChI=1S/C24H31Cl2N3O3S/c1-3-22(29(33(2,31)32)23-15-20(25)11-12-21(23)26)24(30)27-16-18-7-9-19(10-8-18)17-28-13-5-4-6-14-28/h7-12,15,22H,3-6,13-14,16-17H2,1-2H3,(H,27,30). The van der Waals surface area contributed by atoms with Crippen molar-refractivity contribution in [2.24, 2.45) is 0 Å². The van der Waals surface area contributed by atoms with Gasteiger partial charge in [0.25, 0.3) is 0 Å². The Bertz CT molecular complexity index is 1060. The number of hydrogen-bond acceptors (Lipinski definition) is 4. The smallest absolute Gasteiger partial charge is 0.244 e. The summed E-state index contributed by atoms with van der Waals surface area (Å²) in [4.78, 5) is 15.5. The third kappa shape index (κ3) is 7.09. The van der Waals surface area contributed by atoms with Crippen LogP contribution in [-0.2, 0) is 27.9 Å². The summed E-state index contributed by atoms with van der Waals surface area (Å²) in [5.74, 6) is -0.392. The second kappa shape index (κ2) is 11.6. The Labute approximate surface area is 206 Å². The number of rotatable bonds is 9. The molecule has 0 aromatic heterocycles. The quantitative estimate of drug-likeness (QED) is 0.522. The van der Waals surface area contributed by atoms with Crippen molar-refractivity contribution in [1.29, 1.82) is 0 Å². The van der Waals surface area contributed by atoms with E-state index in [0.29, 0.717) is 11.6 Å². The fourth-order valence-electron chi connectivity index (χ4n) is 4.14. The normalized spacial score (nSPS) is 15.8. The maximum atomic E-state index is 13.0. The van der Waals surface area contributed by atoms with Gasteiger partial charge in [-0.2, -0.15) is 0 Å². The van der Waals surface area contributed by atoms with Gasteiger partial charge >= 0.3 is 0 Å². The lowest BCUT2D eigenvalue weighted by atomic mass is 10.1. The number of carbonyl (C=O) groups excluding carboxylic acids is 1. The summed E-state index contributed by atoms with van der Waals surface area (Å²) >= 11 is 12.3. The van der Waals surface area contributed by atoms with E-state index in [1.165, 1.54) is 37.0 Å². The number of halogens is 2. The molecular formula is C24H31Cl2N3O3S. The minimum absolute atomic E-state index is 0.190. The van der Waals surface area contributed by atoms with E-state index < -0.39 is 22.0 Å². The summed E-state index contributed by atoms with van der Waals surface area (Å²) in [6.07, 6.45) is 5.16. The number of nitrogens with one attached hydrogen (secondary N) is 1. The van der Waals surface area contributed by atoms with Gasteiger partial charge in [-0.25, -0.2) is 8.42 Å². The highest BCUT2D eigenvalue weighted by molar-refractivity contribution is 7.92. The number of sulfonamides is 1. The molecule has 2 aromatic rings. The van der Waals surface area contributed by atoms with Crippen LogP contribution in [0.15, 0.2) is 42.5 Å². The molecule has 1 N–H and O–H groups in total. The molecule has 0 saturated carbocycles. The van der Waals surface area contributed by atoms with E-state index in [9.17, 15) is 13.2 Å². The number of carbonyl (C=O) groups is 1. The van der Waals surface area contributed by atoms with Crippen LogP contribution in [0.3, 0.4) is 0 Å². The average Bonchev–Trinajstić information content (AvgIpc) is 2.78. The van der Waals surface area contributed by atoms with Gasteiger partial charge in [0.05, 0.1) is 17.0 Å². The van der Waals surface area contributed by atoms with Crippen molar-refractivity contribution in [3.63, 3.8) is 0 Å². The fraction of sp³-hybridized carbons (Fsp3) is 0.458. The van der Waals surface area contributed by atoms with Gasteiger partial charge in [0.1, 0.15) is 6.04 Å². The molecule has 0 spiro atoms. The van der Waals surface area contributed by atoms with Crippen molar-refractivity contribution < 1.29 is 13.2 Å². The molecular weight excluding hydrogens is 481 g/mol. The maximum Gasteiger partial charge on any atom is 0.244 e. The van der Waals surface area contributed by atoms with Crippen molar-refractivity contribution in [3.8, 4) is 0 Å². The first-order valence-corrected chi connectivity index (χ1v) is 13.8. The minimum atomic E-state index is -3.79. The lowest BCUT2D eigenvalue weighted by Gasteiger charge is -2.30. The Balaban J connectivity index is 1.68. The molecule has 1 unspecified atom stereocenters. The summed E-state index contributed by atoms with van der Waals surface area (Å²) in [6, 6.07) is 11.8. The third-order valence-corrected chi connectivity index (χ3v) is 7.54. The Hall–Kier alpha value is -1.80. The van der Waals surface area contributed by atoms with Crippen molar-refractivity contribution in [2.75, 3.05) is 23.7 Å².